The van der Waals surface area contributed by atoms with Crippen molar-refractivity contribution in [1.29, 1.82) is 0 Å². The molecule has 0 bridgehead atoms. The lowest BCUT2D eigenvalue weighted by Gasteiger charge is -2.29. The molecule has 162 valence electrons. The zero-order valence-corrected chi connectivity index (χ0v) is 18.2. The van der Waals surface area contributed by atoms with Crippen LogP contribution in [0.3, 0.4) is 0 Å². The maximum Gasteiger partial charge on any atom is 0.344 e. The third-order valence-corrected chi connectivity index (χ3v) is 5.76. The number of nitrogens with zero attached hydrogens (tertiary/aromatic N) is 1. The molecular weight excluding hydrogens is 475 g/mol. The molecule has 0 aromatic heterocycles. The summed E-state index contributed by atoms with van der Waals surface area (Å²) in [4.78, 5) is 39.4. The van der Waals surface area contributed by atoms with Gasteiger partial charge < -0.3 is 19.5 Å². The zero-order chi connectivity index (χ0) is 22.3. The lowest BCUT2D eigenvalue weighted by Crippen LogP contribution is -2.44. The van der Waals surface area contributed by atoms with Gasteiger partial charge in [0.15, 0.2) is 11.5 Å². The molecule has 2 atom stereocenters. The second kappa shape index (κ2) is 8.18. The number of nitrogens with one attached hydrogen (secondary N) is 1. The monoisotopic (exact) mass is 492 g/mol. The fourth-order valence-electron chi connectivity index (χ4n) is 3.85. The Morgan fingerprint density at radius 3 is 2.68 bits per heavy atom. The molecule has 0 radical (unpaired) electrons. The summed E-state index contributed by atoms with van der Waals surface area (Å²) in [5.41, 5.74) is 0.526. The van der Waals surface area contributed by atoms with Crippen molar-refractivity contribution in [2.24, 2.45) is 0 Å². The molecule has 0 unspecified atom stereocenters. The van der Waals surface area contributed by atoms with Gasteiger partial charge in [-0.25, -0.2) is 9.18 Å². The Hall–Kier alpha value is -3.14. The van der Waals surface area contributed by atoms with Gasteiger partial charge in [-0.15, -0.1) is 0 Å². The zero-order valence-electron chi connectivity index (χ0n) is 16.6. The minimum Gasteiger partial charge on any atom is -0.493 e. The van der Waals surface area contributed by atoms with E-state index < -0.39 is 30.0 Å². The Bertz CT molecular complexity index is 1090. The summed E-state index contributed by atoms with van der Waals surface area (Å²) in [6.45, 7) is 0. The standard InChI is InChI=1S/C21H18BrFN2O6/c1-29-15-7-4-11-17(18(15)30-2)21(28)31-20(11)25-14(6-8-16(25)26)19(27)24-13-5-3-10(22)9-12(13)23/h3-5,7,9,14,20H,6,8H2,1-2H3,(H,24,27)/t14-,20+/m0/s1. The second-order valence-electron chi connectivity index (χ2n) is 6.99. The van der Waals surface area contributed by atoms with Crippen molar-refractivity contribution in [3.8, 4) is 11.5 Å². The fourth-order valence-corrected chi connectivity index (χ4v) is 4.18. The molecule has 0 aliphatic carbocycles. The molecule has 4 rings (SSSR count). The molecule has 2 amide bonds. The molecule has 2 aromatic rings. The van der Waals surface area contributed by atoms with Crippen molar-refractivity contribution in [3.05, 3.63) is 51.7 Å². The van der Waals surface area contributed by atoms with Crippen LogP contribution in [-0.4, -0.2) is 42.9 Å². The first-order valence-corrected chi connectivity index (χ1v) is 10.2. The molecule has 8 nitrogen and oxygen atoms in total. The average molecular weight is 493 g/mol. The maximum atomic E-state index is 14.2. The summed E-state index contributed by atoms with van der Waals surface area (Å²) in [6, 6.07) is 6.49. The Morgan fingerprint density at radius 1 is 1.23 bits per heavy atom. The van der Waals surface area contributed by atoms with Gasteiger partial charge in [0.2, 0.25) is 18.0 Å². The number of amides is 2. The van der Waals surface area contributed by atoms with Crippen LogP contribution in [0.5, 0.6) is 11.5 Å². The van der Waals surface area contributed by atoms with E-state index in [1.54, 1.807) is 18.2 Å². The van der Waals surface area contributed by atoms with Crippen molar-refractivity contribution in [1.82, 2.24) is 4.90 Å². The first-order chi connectivity index (χ1) is 14.8. The van der Waals surface area contributed by atoms with Gasteiger partial charge in [0, 0.05) is 16.5 Å². The Morgan fingerprint density at radius 2 is 2.00 bits per heavy atom. The highest BCUT2D eigenvalue weighted by Crippen LogP contribution is 2.45. The highest BCUT2D eigenvalue weighted by atomic mass is 79.9. The number of halogens is 2. The number of rotatable bonds is 5. The van der Waals surface area contributed by atoms with E-state index >= 15 is 0 Å². The molecule has 2 aliphatic rings. The summed E-state index contributed by atoms with van der Waals surface area (Å²) in [5.74, 6) is -1.70. The fraction of sp³-hybridized carbons (Fsp3) is 0.286. The van der Waals surface area contributed by atoms with E-state index in [0.29, 0.717) is 15.8 Å². The SMILES string of the molecule is COc1ccc2c(c1OC)C(=O)O[C@H]2N1C(=O)CC[C@H]1C(=O)Nc1ccc(Br)cc1F. The number of anilines is 1. The van der Waals surface area contributed by atoms with E-state index in [1.807, 2.05) is 0 Å². The number of methoxy groups -OCH3 is 2. The van der Waals surface area contributed by atoms with Gasteiger partial charge in [-0.3, -0.25) is 14.5 Å². The third kappa shape index (κ3) is 3.60. The van der Waals surface area contributed by atoms with Crippen molar-refractivity contribution in [2.75, 3.05) is 19.5 Å². The second-order valence-corrected chi connectivity index (χ2v) is 7.91. The largest absolute Gasteiger partial charge is 0.493 e. The van der Waals surface area contributed by atoms with E-state index in [4.69, 9.17) is 14.2 Å². The van der Waals surface area contributed by atoms with Gasteiger partial charge in [-0.2, -0.15) is 0 Å². The average Bonchev–Trinajstić information content (AvgIpc) is 3.29. The lowest BCUT2D eigenvalue weighted by atomic mass is 10.1. The highest BCUT2D eigenvalue weighted by Gasteiger charge is 2.47. The van der Waals surface area contributed by atoms with Gasteiger partial charge in [0.1, 0.15) is 17.4 Å². The first kappa shape index (κ1) is 21.1. The van der Waals surface area contributed by atoms with Gasteiger partial charge in [-0.1, -0.05) is 15.9 Å². The van der Waals surface area contributed by atoms with E-state index in [0.717, 1.165) is 0 Å². The van der Waals surface area contributed by atoms with Gasteiger partial charge >= 0.3 is 5.97 Å². The van der Waals surface area contributed by atoms with Crippen LogP contribution in [0.4, 0.5) is 10.1 Å². The number of esters is 1. The van der Waals surface area contributed by atoms with E-state index in [-0.39, 0.29) is 35.7 Å². The van der Waals surface area contributed by atoms with E-state index in [1.165, 1.54) is 31.3 Å². The molecule has 2 aliphatic heterocycles. The highest BCUT2D eigenvalue weighted by molar-refractivity contribution is 9.10. The summed E-state index contributed by atoms with van der Waals surface area (Å²) >= 11 is 3.16. The molecule has 0 saturated carbocycles. The van der Waals surface area contributed by atoms with Crippen molar-refractivity contribution in [3.63, 3.8) is 0 Å². The van der Waals surface area contributed by atoms with Crippen LogP contribution in [-0.2, 0) is 14.3 Å². The number of carbonyl (C=O) groups excluding carboxylic acids is 3. The van der Waals surface area contributed by atoms with Crippen LogP contribution < -0.4 is 14.8 Å². The van der Waals surface area contributed by atoms with Gasteiger partial charge in [0.25, 0.3) is 0 Å². The van der Waals surface area contributed by atoms with Crippen LogP contribution in [0.1, 0.15) is 35.0 Å². The minimum absolute atomic E-state index is 0.0114. The Balaban J connectivity index is 1.65. The predicted octanol–water partition coefficient (Wildman–Crippen LogP) is 3.40. The molecule has 2 heterocycles. The molecule has 1 saturated heterocycles. The Labute approximate surface area is 185 Å². The first-order valence-electron chi connectivity index (χ1n) is 9.38. The molecule has 31 heavy (non-hydrogen) atoms. The van der Waals surface area contributed by atoms with Gasteiger partial charge in [0.05, 0.1) is 19.9 Å². The number of hydrogen-bond donors (Lipinski definition) is 1. The quantitative estimate of drug-likeness (QED) is 0.642. The normalized spacial score (nSPS) is 19.8. The topological polar surface area (TPSA) is 94.2 Å². The van der Waals surface area contributed by atoms with Crippen LogP contribution in [0.25, 0.3) is 0 Å². The number of likely N-dealkylation sites (tertiary alicyclic amines) is 1. The maximum absolute atomic E-state index is 14.2. The molecule has 1 fully saturated rings. The molecule has 2 aromatic carbocycles. The molecule has 1 N–H and O–H groups in total. The van der Waals surface area contributed by atoms with Crippen LogP contribution in [0, 0.1) is 5.82 Å². The lowest BCUT2D eigenvalue weighted by molar-refractivity contribution is -0.144. The summed E-state index contributed by atoms with van der Waals surface area (Å²) < 4.78 is 30.7. The van der Waals surface area contributed by atoms with Crippen LogP contribution >= 0.6 is 15.9 Å². The third-order valence-electron chi connectivity index (χ3n) is 5.27. The smallest absolute Gasteiger partial charge is 0.344 e. The number of cyclic esters (lactones) is 1. The number of benzene rings is 2. The van der Waals surface area contributed by atoms with Crippen molar-refractivity contribution >= 4 is 39.4 Å². The van der Waals surface area contributed by atoms with E-state index in [9.17, 15) is 18.8 Å². The summed E-state index contributed by atoms with van der Waals surface area (Å²) in [5, 5.41) is 2.52. The molecular formula is C21H18BrFN2O6. The van der Waals surface area contributed by atoms with Gasteiger partial charge in [-0.05, 0) is 36.8 Å². The summed E-state index contributed by atoms with van der Waals surface area (Å²) in [7, 11) is 2.83. The number of ether oxygens (including phenoxy) is 3. The minimum atomic E-state index is -1.09. The van der Waals surface area contributed by atoms with Crippen LogP contribution in [0.15, 0.2) is 34.8 Å². The molecule has 10 heteroatoms. The Kier molecular flexibility index (Phi) is 5.57. The number of carbonyl (C=O) groups is 3. The van der Waals surface area contributed by atoms with Crippen LogP contribution in [0.2, 0.25) is 0 Å². The van der Waals surface area contributed by atoms with Crippen molar-refractivity contribution in [2.45, 2.75) is 25.1 Å². The number of hydrogen-bond acceptors (Lipinski definition) is 6. The number of fused-ring (bicyclic) bond motifs is 1. The van der Waals surface area contributed by atoms with Crippen molar-refractivity contribution < 1.29 is 33.0 Å². The molecule has 0 spiro atoms. The van der Waals surface area contributed by atoms with E-state index in [2.05, 4.69) is 21.2 Å². The summed E-state index contributed by atoms with van der Waals surface area (Å²) in [6.07, 6.45) is -0.792. The predicted molar refractivity (Wildman–Crippen MR) is 110 cm³/mol.